The van der Waals surface area contributed by atoms with Gasteiger partial charge in [0.05, 0.1) is 11.1 Å². The third kappa shape index (κ3) is 2.24. The second-order valence-corrected chi connectivity index (χ2v) is 4.71. The smallest absolute Gasteiger partial charge is 0.252 e. The molecule has 92 valence electrons. The highest BCUT2D eigenvalue weighted by Crippen LogP contribution is 2.29. The van der Waals surface area contributed by atoms with Crippen LogP contribution in [0, 0.1) is 0 Å². The normalized spacial score (nSPS) is 17.6. The van der Waals surface area contributed by atoms with E-state index in [0.717, 1.165) is 25.9 Å². The van der Waals surface area contributed by atoms with E-state index < -0.39 is 5.91 Å². The largest absolute Gasteiger partial charge is 0.365 e. The maximum absolute atomic E-state index is 11.3. The predicted molar refractivity (Wildman–Crippen MR) is 66.8 cm³/mol. The number of aromatic nitrogens is 1. The molecule has 1 amide bonds. The van der Waals surface area contributed by atoms with Crippen LogP contribution in [-0.4, -0.2) is 29.5 Å². The lowest BCUT2D eigenvalue weighted by Gasteiger charge is -2.48. The first kappa shape index (κ1) is 11.9. The second-order valence-electron chi connectivity index (χ2n) is 4.71. The summed E-state index contributed by atoms with van der Waals surface area (Å²) in [4.78, 5) is 17.5. The lowest BCUT2D eigenvalue weighted by atomic mass is 9.86. The van der Waals surface area contributed by atoms with Gasteiger partial charge in [0.15, 0.2) is 0 Å². The Hall–Kier alpha value is -1.62. The standard InChI is InChI=1S/C12H18N4O/c1-2-5-12(14)7-16(8-12)11-9(10(13)17)4-3-6-15-11/h3-4,6H,2,5,7-8,14H2,1H3,(H2,13,17). The van der Waals surface area contributed by atoms with Crippen LogP contribution in [0.4, 0.5) is 5.82 Å². The number of rotatable bonds is 4. The van der Waals surface area contributed by atoms with E-state index in [1.54, 1.807) is 18.3 Å². The average Bonchev–Trinajstić information content (AvgIpc) is 2.26. The lowest BCUT2D eigenvalue weighted by Crippen LogP contribution is -2.67. The van der Waals surface area contributed by atoms with Gasteiger partial charge < -0.3 is 16.4 Å². The predicted octanol–water partition coefficient (Wildman–Crippen LogP) is 0.498. The summed E-state index contributed by atoms with van der Waals surface area (Å²) in [5.41, 5.74) is 11.8. The number of carbonyl (C=O) groups is 1. The highest BCUT2D eigenvalue weighted by molar-refractivity contribution is 5.97. The summed E-state index contributed by atoms with van der Waals surface area (Å²) in [5, 5.41) is 0. The van der Waals surface area contributed by atoms with Crippen LogP contribution in [0.15, 0.2) is 18.3 Å². The van der Waals surface area contributed by atoms with Gasteiger partial charge in [0.2, 0.25) is 0 Å². The van der Waals surface area contributed by atoms with Crippen LogP contribution in [-0.2, 0) is 0 Å². The Bertz CT molecular complexity index is 426. The van der Waals surface area contributed by atoms with Crippen LogP contribution in [0.3, 0.4) is 0 Å². The van der Waals surface area contributed by atoms with E-state index in [0.29, 0.717) is 11.4 Å². The van der Waals surface area contributed by atoms with Gasteiger partial charge in [0.25, 0.3) is 5.91 Å². The number of hydrogen-bond acceptors (Lipinski definition) is 4. The van der Waals surface area contributed by atoms with Gasteiger partial charge >= 0.3 is 0 Å². The molecule has 0 radical (unpaired) electrons. The Labute approximate surface area is 101 Å². The summed E-state index contributed by atoms with van der Waals surface area (Å²) in [7, 11) is 0. The molecular formula is C12H18N4O. The molecule has 0 aromatic carbocycles. The van der Waals surface area contributed by atoms with Crippen molar-refractivity contribution in [3.8, 4) is 0 Å². The summed E-state index contributed by atoms with van der Waals surface area (Å²) in [6.07, 6.45) is 3.72. The molecule has 4 N–H and O–H groups in total. The third-order valence-corrected chi connectivity index (χ3v) is 3.11. The average molecular weight is 234 g/mol. The van der Waals surface area contributed by atoms with E-state index in [1.807, 2.05) is 4.90 Å². The molecule has 1 aliphatic rings. The number of pyridine rings is 1. The molecule has 1 saturated heterocycles. The van der Waals surface area contributed by atoms with Gasteiger partial charge in [-0.1, -0.05) is 13.3 Å². The Morgan fingerprint density at radius 3 is 2.88 bits per heavy atom. The van der Waals surface area contributed by atoms with Gasteiger partial charge in [-0.3, -0.25) is 4.79 Å². The molecule has 2 rings (SSSR count). The maximum atomic E-state index is 11.3. The van der Waals surface area contributed by atoms with E-state index in [9.17, 15) is 4.79 Å². The molecule has 0 saturated carbocycles. The molecule has 1 aromatic heterocycles. The monoisotopic (exact) mass is 234 g/mol. The van der Waals surface area contributed by atoms with E-state index in [-0.39, 0.29) is 5.54 Å². The van der Waals surface area contributed by atoms with Crippen molar-refractivity contribution in [2.45, 2.75) is 25.3 Å². The minimum Gasteiger partial charge on any atom is -0.365 e. The first-order chi connectivity index (χ1) is 8.06. The van der Waals surface area contributed by atoms with Crippen molar-refractivity contribution in [2.24, 2.45) is 11.5 Å². The highest BCUT2D eigenvalue weighted by Gasteiger charge is 2.40. The lowest BCUT2D eigenvalue weighted by molar-refractivity contribution is 0.1000. The molecule has 0 atom stereocenters. The highest BCUT2D eigenvalue weighted by atomic mass is 16.1. The quantitative estimate of drug-likeness (QED) is 0.794. The molecule has 5 nitrogen and oxygen atoms in total. The minimum absolute atomic E-state index is 0.138. The van der Waals surface area contributed by atoms with Gasteiger partial charge in [-0.15, -0.1) is 0 Å². The fourth-order valence-corrected chi connectivity index (χ4v) is 2.36. The second kappa shape index (κ2) is 4.33. The zero-order valence-corrected chi connectivity index (χ0v) is 10.0. The number of nitrogens with two attached hydrogens (primary N) is 2. The first-order valence-corrected chi connectivity index (χ1v) is 5.84. The Morgan fingerprint density at radius 1 is 1.59 bits per heavy atom. The van der Waals surface area contributed by atoms with Crippen LogP contribution in [0.1, 0.15) is 30.1 Å². The Balaban J connectivity index is 2.14. The summed E-state index contributed by atoms with van der Waals surface area (Å²) in [6, 6.07) is 3.41. The van der Waals surface area contributed by atoms with Gasteiger partial charge in [-0.25, -0.2) is 4.98 Å². The fourth-order valence-electron chi connectivity index (χ4n) is 2.36. The summed E-state index contributed by atoms with van der Waals surface area (Å²) in [5.74, 6) is 0.204. The van der Waals surface area contributed by atoms with Crippen molar-refractivity contribution in [3.63, 3.8) is 0 Å². The van der Waals surface area contributed by atoms with Crippen molar-refractivity contribution < 1.29 is 4.79 Å². The number of amides is 1. The van der Waals surface area contributed by atoms with Crippen LogP contribution in [0.2, 0.25) is 0 Å². The number of primary amides is 1. The molecule has 1 aliphatic heterocycles. The summed E-state index contributed by atoms with van der Waals surface area (Å²) in [6.45, 7) is 3.59. The van der Waals surface area contributed by atoms with Gasteiger partial charge in [-0.05, 0) is 18.6 Å². The van der Waals surface area contributed by atoms with Crippen molar-refractivity contribution in [1.82, 2.24) is 4.98 Å². The zero-order chi connectivity index (χ0) is 12.5. The molecule has 5 heteroatoms. The maximum Gasteiger partial charge on any atom is 0.252 e. The number of nitrogens with zero attached hydrogens (tertiary/aromatic N) is 2. The van der Waals surface area contributed by atoms with E-state index >= 15 is 0 Å². The van der Waals surface area contributed by atoms with Crippen LogP contribution < -0.4 is 16.4 Å². The molecule has 2 heterocycles. The van der Waals surface area contributed by atoms with E-state index in [2.05, 4.69) is 11.9 Å². The molecule has 0 aliphatic carbocycles. The number of hydrogen-bond donors (Lipinski definition) is 2. The molecule has 0 bridgehead atoms. The molecule has 0 unspecified atom stereocenters. The van der Waals surface area contributed by atoms with Gasteiger partial charge in [0.1, 0.15) is 5.82 Å². The van der Waals surface area contributed by atoms with Crippen molar-refractivity contribution in [3.05, 3.63) is 23.9 Å². The van der Waals surface area contributed by atoms with Crippen molar-refractivity contribution in [1.29, 1.82) is 0 Å². The van der Waals surface area contributed by atoms with Crippen molar-refractivity contribution >= 4 is 11.7 Å². The topological polar surface area (TPSA) is 85.2 Å². The molecule has 1 aromatic rings. The molecule has 17 heavy (non-hydrogen) atoms. The van der Waals surface area contributed by atoms with Crippen LogP contribution in [0.25, 0.3) is 0 Å². The Kier molecular flexibility index (Phi) is 3.02. The molecular weight excluding hydrogens is 216 g/mol. The van der Waals surface area contributed by atoms with Gasteiger partial charge in [0, 0.05) is 19.3 Å². The van der Waals surface area contributed by atoms with E-state index in [1.165, 1.54) is 0 Å². The summed E-state index contributed by atoms with van der Waals surface area (Å²) < 4.78 is 0. The van der Waals surface area contributed by atoms with Gasteiger partial charge in [-0.2, -0.15) is 0 Å². The SMILES string of the molecule is CCCC1(N)CN(c2ncccc2C(N)=O)C1. The minimum atomic E-state index is -0.446. The number of anilines is 1. The van der Waals surface area contributed by atoms with Crippen molar-refractivity contribution in [2.75, 3.05) is 18.0 Å². The first-order valence-electron chi connectivity index (χ1n) is 5.84. The van der Waals surface area contributed by atoms with E-state index in [4.69, 9.17) is 11.5 Å². The third-order valence-electron chi connectivity index (χ3n) is 3.11. The fraction of sp³-hybridized carbons (Fsp3) is 0.500. The van der Waals surface area contributed by atoms with Crippen LogP contribution >= 0.6 is 0 Å². The Morgan fingerprint density at radius 2 is 2.29 bits per heavy atom. The molecule has 1 fully saturated rings. The number of carbonyl (C=O) groups excluding carboxylic acids is 1. The van der Waals surface area contributed by atoms with Crippen LogP contribution in [0.5, 0.6) is 0 Å². The molecule has 0 spiro atoms. The zero-order valence-electron chi connectivity index (χ0n) is 10.0. The summed E-state index contributed by atoms with van der Waals surface area (Å²) >= 11 is 0.